The summed E-state index contributed by atoms with van der Waals surface area (Å²) >= 11 is 0. The normalized spacial score (nSPS) is 13.5. The van der Waals surface area contributed by atoms with E-state index < -0.39 is 59.6 Å². The van der Waals surface area contributed by atoms with Gasteiger partial charge in [0.25, 0.3) is 5.91 Å². The number of amides is 3. The Morgan fingerprint density at radius 1 is 0.895 bits per heavy atom. The van der Waals surface area contributed by atoms with Gasteiger partial charge in [0.05, 0.1) is 5.56 Å². The Hall–Kier alpha value is -6.78. The van der Waals surface area contributed by atoms with Crippen LogP contribution in [0.15, 0.2) is 81.1 Å². The average molecular weight is 787 g/mol. The van der Waals surface area contributed by atoms with E-state index in [2.05, 4.69) is 20.9 Å². The zero-order chi connectivity index (χ0) is 41.1. The van der Waals surface area contributed by atoms with Gasteiger partial charge < -0.3 is 56.3 Å². The third kappa shape index (κ3) is 11.4. The molecule has 3 atom stereocenters. The summed E-state index contributed by atoms with van der Waals surface area (Å²) < 4.78 is 22.6. The number of hydrogen-bond donors (Lipinski definition) is 7. The second-order valence-corrected chi connectivity index (χ2v) is 13.8. The molecule has 3 aromatic carbocycles. The molecule has 0 aliphatic carbocycles. The van der Waals surface area contributed by atoms with Gasteiger partial charge in [0.15, 0.2) is 24.1 Å². The number of carboxylic acid groups (broad SMARTS) is 1. The van der Waals surface area contributed by atoms with Crippen molar-refractivity contribution in [3.05, 3.63) is 82.7 Å². The van der Waals surface area contributed by atoms with Crippen molar-refractivity contribution in [2.45, 2.75) is 57.7 Å². The van der Waals surface area contributed by atoms with Crippen LogP contribution in [0.1, 0.15) is 38.7 Å². The van der Waals surface area contributed by atoms with Gasteiger partial charge in [0, 0.05) is 25.1 Å². The van der Waals surface area contributed by atoms with Gasteiger partial charge in [0.1, 0.15) is 60.1 Å². The lowest BCUT2D eigenvalue weighted by Gasteiger charge is -2.25. The molecule has 17 heteroatoms. The van der Waals surface area contributed by atoms with Gasteiger partial charge in [-0.25, -0.2) is 4.79 Å². The number of ether oxygens (including phenoxy) is 3. The topological polar surface area (TPSA) is 267 Å². The highest BCUT2D eigenvalue weighted by Crippen LogP contribution is 2.35. The quantitative estimate of drug-likeness (QED) is 0.0434. The highest BCUT2D eigenvalue weighted by molar-refractivity contribution is 5.94. The summed E-state index contributed by atoms with van der Waals surface area (Å²) in [6, 6.07) is 12.8. The molecule has 9 N–H and O–H groups in total. The molecule has 0 spiro atoms. The van der Waals surface area contributed by atoms with Crippen molar-refractivity contribution < 1.29 is 48.0 Å². The number of rotatable bonds is 18. The number of benzene rings is 3. The van der Waals surface area contributed by atoms with Gasteiger partial charge >= 0.3 is 5.97 Å². The molecule has 1 aromatic heterocycles. The van der Waals surface area contributed by atoms with Crippen molar-refractivity contribution in [2.75, 3.05) is 26.4 Å². The third-order valence-electron chi connectivity index (χ3n) is 8.89. The molecule has 1 aliphatic heterocycles. The largest absolute Gasteiger partial charge is 0.507 e. The van der Waals surface area contributed by atoms with Crippen LogP contribution in [0.3, 0.4) is 0 Å². The number of aliphatic carboxylic acids is 1. The number of carboxylic acids is 1. The number of nitrogens with one attached hydrogen (secondary N) is 3. The standard InChI is InChI=1S/C40H46N6O11/c1-22(2)15-28(37(50)45-27(39(52)53)9-6-12-43-40(41)42)46-38(51)29(16-23-7-4-3-5-8-23)44-34(48)21-56-25-18-30(47)35-33(19-25)57-20-26(36(35)49)24-10-11-31-32(17-24)55-14-13-54-31/h3-5,7-8,10-11,17-20,22,27-29,47H,6,9,12-16,21H2,1-2H3,(H,44,48)(H,45,50)(H,46,51)(H,52,53)(H4,41,42,43). The highest BCUT2D eigenvalue weighted by atomic mass is 16.6. The van der Waals surface area contributed by atoms with Crippen LogP contribution < -0.4 is 47.1 Å². The number of carbonyl (C=O) groups is 4. The lowest BCUT2D eigenvalue weighted by Crippen LogP contribution is -2.56. The van der Waals surface area contributed by atoms with Crippen LogP contribution in [0, 0.1) is 5.92 Å². The molecule has 4 aromatic rings. The predicted octanol–water partition coefficient (Wildman–Crippen LogP) is 2.20. The van der Waals surface area contributed by atoms with Crippen LogP contribution in [0.4, 0.5) is 0 Å². The molecule has 302 valence electrons. The Morgan fingerprint density at radius 3 is 2.30 bits per heavy atom. The minimum atomic E-state index is -1.26. The van der Waals surface area contributed by atoms with Crippen LogP contribution in [-0.4, -0.2) is 84.4 Å². The maximum Gasteiger partial charge on any atom is 0.326 e. The van der Waals surface area contributed by atoms with Crippen molar-refractivity contribution in [3.8, 4) is 34.1 Å². The van der Waals surface area contributed by atoms with E-state index in [4.69, 9.17) is 30.1 Å². The Kier molecular flexibility index (Phi) is 13.9. The molecule has 2 heterocycles. The first kappa shape index (κ1) is 41.4. The van der Waals surface area contributed by atoms with Crippen molar-refractivity contribution in [1.29, 1.82) is 0 Å². The summed E-state index contributed by atoms with van der Waals surface area (Å²) in [6.07, 6.45) is 1.79. The van der Waals surface area contributed by atoms with E-state index in [9.17, 15) is 34.2 Å². The molecule has 0 saturated carbocycles. The summed E-state index contributed by atoms with van der Waals surface area (Å²) in [5.74, 6) is -2.99. The van der Waals surface area contributed by atoms with Crippen molar-refractivity contribution in [1.82, 2.24) is 16.0 Å². The number of carbonyl (C=O) groups excluding carboxylic acids is 3. The van der Waals surface area contributed by atoms with Gasteiger partial charge in [-0.05, 0) is 48.4 Å². The minimum absolute atomic E-state index is 0.00593. The predicted molar refractivity (Wildman–Crippen MR) is 209 cm³/mol. The lowest BCUT2D eigenvalue weighted by atomic mass is 10.0. The first-order chi connectivity index (χ1) is 27.3. The minimum Gasteiger partial charge on any atom is -0.507 e. The van der Waals surface area contributed by atoms with E-state index in [1.165, 1.54) is 18.4 Å². The fraction of sp³-hybridized carbons (Fsp3) is 0.350. The molecule has 3 amide bonds. The monoisotopic (exact) mass is 786 g/mol. The lowest BCUT2D eigenvalue weighted by molar-refractivity contribution is -0.142. The van der Waals surface area contributed by atoms with Gasteiger partial charge in [-0.1, -0.05) is 50.2 Å². The highest BCUT2D eigenvalue weighted by Gasteiger charge is 2.30. The third-order valence-corrected chi connectivity index (χ3v) is 8.89. The van der Waals surface area contributed by atoms with E-state index >= 15 is 0 Å². The summed E-state index contributed by atoms with van der Waals surface area (Å²) in [5, 5.41) is 28.4. The molecule has 57 heavy (non-hydrogen) atoms. The van der Waals surface area contributed by atoms with Crippen LogP contribution in [-0.2, 0) is 25.6 Å². The number of aliphatic imine (C=N–C) groups is 1. The van der Waals surface area contributed by atoms with Gasteiger partial charge in [-0.3, -0.25) is 24.2 Å². The van der Waals surface area contributed by atoms with Gasteiger partial charge in [-0.15, -0.1) is 0 Å². The zero-order valence-electron chi connectivity index (χ0n) is 31.5. The number of fused-ring (bicyclic) bond motifs is 2. The van der Waals surface area contributed by atoms with Crippen LogP contribution in [0.2, 0.25) is 0 Å². The molecular formula is C40H46N6O11. The maximum absolute atomic E-state index is 13.8. The second kappa shape index (κ2) is 19.2. The van der Waals surface area contributed by atoms with Crippen LogP contribution in [0.5, 0.6) is 23.0 Å². The number of phenolic OH excluding ortho intramolecular Hbond substituents is 1. The van der Waals surface area contributed by atoms with Gasteiger partial charge in [-0.2, -0.15) is 0 Å². The van der Waals surface area contributed by atoms with E-state index in [0.29, 0.717) is 35.8 Å². The summed E-state index contributed by atoms with van der Waals surface area (Å²) in [7, 11) is 0. The molecule has 1 aliphatic rings. The van der Waals surface area contributed by atoms with E-state index in [1.54, 1.807) is 48.5 Å². The summed E-state index contributed by atoms with van der Waals surface area (Å²) in [5.41, 5.74) is 11.6. The smallest absolute Gasteiger partial charge is 0.326 e. The van der Waals surface area contributed by atoms with Crippen molar-refractivity contribution >= 4 is 40.6 Å². The zero-order valence-corrected chi connectivity index (χ0v) is 31.5. The van der Waals surface area contributed by atoms with Crippen molar-refractivity contribution in [2.24, 2.45) is 22.4 Å². The Bertz CT molecular complexity index is 2170. The molecule has 3 unspecified atom stereocenters. The molecule has 5 rings (SSSR count). The molecular weight excluding hydrogens is 740 g/mol. The van der Waals surface area contributed by atoms with Crippen LogP contribution in [0.25, 0.3) is 22.1 Å². The maximum atomic E-state index is 13.8. The number of aromatic hydroxyl groups is 1. The number of guanidine groups is 1. The molecule has 0 saturated heterocycles. The molecule has 0 fully saturated rings. The Morgan fingerprint density at radius 2 is 1.60 bits per heavy atom. The van der Waals surface area contributed by atoms with E-state index in [-0.39, 0.29) is 66.4 Å². The number of phenols is 1. The molecule has 17 nitrogen and oxygen atoms in total. The SMILES string of the molecule is CC(C)CC(NC(=O)C(Cc1ccccc1)NC(=O)COc1cc(O)c2c(=O)c(-c3ccc4c(c3)OCCO4)coc2c1)C(=O)NC(CCCN=C(N)N)C(=O)O. The van der Waals surface area contributed by atoms with E-state index in [0.717, 1.165) is 0 Å². The number of hydrogen-bond acceptors (Lipinski definition) is 11. The van der Waals surface area contributed by atoms with Gasteiger partial charge in [0.2, 0.25) is 17.2 Å². The van der Waals surface area contributed by atoms with E-state index in [1.807, 2.05) is 13.8 Å². The summed E-state index contributed by atoms with van der Waals surface area (Å²) in [6.45, 7) is 4.03. The average Bonchev–Trinajstić information content (AvgIpc) is 3.17. The Balaban J connectivity index is 1.27. The number of nitrogens with zero attached hydrogens (tertiary/aromatic N) is 1. The Labute approximate surface area is 327 Å². The second-order valence-electron chi connectivity index (χ2n) is 13.8. The molecule has 0 bridgehead atoms. The number of nitrogens with two attached hydrogens (primary N) is 2. The first-order valence-corrected chi connectivity index (χ1v) is 18.3. The van der Waals surface area contributed by atoms with Crippen LogP contribution >= 0.6 is 0 Å². The fourth-order valence-electron chi connectivity index (χ4n) is 6.15. The van der Waals surface area contributed by atoms with Crippen molar-refractivity contribution in [3.63, 3.8) is 0 Å². The molecule has 0 radical (unpaired) electrons. The summed E-state index contributed by atoms with van der Waals surface area (Å²) in [4.78, 5) is 69.7. The first-order valence-electron chi connectivity index (χ1n) is 18.3. The fourth-order valence-corrected chi connectivity index (χ4v) is 6.15.